The number of nitrogens with one attached hydrogen (secondary N) is 1. The summed E-state index contributed by atoms with van der Waals surface area (Å²) < 4.78 is 27.1. The summed E-state index contributed by atoms with van der Waals surface area (Å²) in [6.45, 7) is 3.32. The number of hydrogen-bond acceptors (Lipinski definition) is 2. The molecule has 1 atom stereocenters. The van der Waals surface area contributed by atoms with Crippen molar-refractivity contribution in [3.8, 4) is 0 Å². The standard InChI is InChI=1S/C14H19F2NO/c1-9-7-14(16)12(8-13(9)15)10(2)17-18-11-5-3-4-6-11/h7-8,10-11,17H,3-6H2,1-2H3. The Kier molecular flexibility index (Phi) is 4.30. The molecular formula is C14H19F2NO. The molecule has 0 heterocycles. The van der Waals surface area contributed by atoms with Gasteiger partial charge in [0.2, 0.25) is 0 Å². The van der Waals surface area contributed by atoms with Crippen LogP contribution in [0, 0.1) is 18.6 Å². The number of rotatable bonds is 4. The fourth-order valence-corrected chi connectivity index (χ4v) is 2.26. The van der Waals surface area contributed by atoms with Crippen LogP contribution in [0.2, 0.25) is 0 Å². The number of hydroxylamine groups is 1. The molecular weight excluding hydrogens is 236 g/mol. The zero-order valence-corrected chi connectivity index (χ0v) is 10.8. The van der Waals surface area contributed by atoms with E-state index in [2.05, 4.69) is 5.48 Å². The molecule has 0 bridgehead atoms. The van der Waals surface area contributed by atoms with Crippen molar-refractivity contribution in [1.82, 2.24) is 5.48 Å². The molecule has 1 unspecified atom stereocenters. The average molecular weight is 255 g/mol. The van der Waals surface area contributed by atoms with Gasteiger partial charge in [0.05, 0.1) is 12.1 Å². The Morgan fingerprint density at radius 1 is 1.22 bits per heavy atom. The van der Waals surface area contributed by atoms with E-state index in [-0.39, 0.29) is 18.0 Å². The number of aryl methyl sites for hydroxylation is 1. The summed E-state index contributed by atoms with van der Waals surface area (Å²) in [5, 5.41) is 0. The van der Waals surface area contributed by atoms with Gasteiger partial charge in [-0.2, -0.15) is 5.48 Å². The Bertz CT molecular complexity index is 417. The van der Waals surface area contributed by atoms with Gasteiger partial charge < -0.3 is 0 Å². The van der Waals surface area contributed by atoms with Crippen LogP contribution in [0.3, 0.4) is 0 Å². The Hall–Kier alpha value is -1.00. The van der Waals surface area contributed by atoms with Crippen molar-refractivity contribution in [2.75, 3.05) is 0 Å². The highest BCUT2D eigenvalue weighted by molar-refractivity contribution is 5.27. The molecule has 2 rings (SSSR count). The van der Waals surface area contributed by atoms with E-state index < -0.39 is 5.82 Å². The topological polar surface area (TPSA) is 21.3 Å². The van der Waals surface area contributed by atoms with Crippen LogP contribution in [0.4, 0.5) is 8.78 Å². The minimum atomic E-state index is -0.399. The summed E-state index contributed by atoms with van der Waals surface area (Å²) in [7, 11) is 0. The van der Waals surface area contributed by atoms with Gasteiger partial charge in [-0.15, -0.1) is 0 Å². The predicted molar refractivity (Wildman–Crippen MR) is 66.0 cm³/mol. The van der Waals surface area contributed by atoms with Crippen molar-refractivity contribution >= 4 is 0 Å². The fraction of sp³-hybridized carbons (Fsp3) is 0.571. The van der Waals surface area contributed by atoms with E-state index in [0.717, 1.165) is 12.8 Å². The van der Waals surface area contributed by atoms with Gasteiger partial charge in [-0.05, 0) is 44.4 Å². The molecule has 2 nitrogen and oxygen atoms in total. The lowest BCUT2D eigenvalue weighted by atomic mass is 10.1. The Balaban J connectivity index is 1.99. The quantitative estimate of drug-likeness (QED) is 0.826. The van der Waals surface area contributed by atoms with Crippen molar-refractivity contribution in [2.24, 2.45) is 0 Å². The molecule has 0 radical (unpaired) electrons. The van der Waals surface area contributed by atoms with Crippen LogP contribution in [0.25, 0.3) is 0 Å². The Morgan fingerprint density at radius 3 is 2.56 bits per heavy atom. The van der Waals surface area contributed by atoms with Gasteiger partial charge in [-0.25, -0.2) is 8.78 Å². The van der Waals surface area contributed by atoms with Crippen LogP contribution in [0.1, 0.15) is 49.8 Å². The molecule has 1 aliphatic rings. The molecule has 0 aromatic heterocycles. The molecule has 1 aliphatic carbocycles. The SMILES string of the molecule is Cc1cc(F)c(C(C)NOC2CCCC2)cc1F. The van der Waals surface area contributed by atoms with Crippen molar-refractivity contribution in [2.45, 2.75) is 51.7 Å². The molecule has 1 aromatic carbocycles. The van der Waals surface area contributed by atoms with E-state index in [4.69, 9.17) is 4.84 Å². The van der Waals surface area contributed by atoms with Crippen LogP contribution in [0.5, 0.6) is 0 Å². The molecule has 0 aliphatic heterocycles. The summed E-state index contributed by atoms with van der Waals surface area (Å²) in [4.78, 5) is 5.51. The maximum atomic E-state index is 13.7. The smallest absolute Gasteiger partial charge is 0.128 e. The molecule has 1 aromatic rings. The van der Waals surface area contributed by atoms with E-state index in [0.29, 0.717) is 11.1 Å². The second-order valence-corrected chi connectivity index (χ2v) is 4.99. The summed E-state index contributed by atoms with van der Waals surface area (Å²) in [5.74, 6) is -0.787. The molecule has 0 spiro atoms. The second-order valence-electron chi connectivity index (χ2n) is 4.99. The first-order valence-electron chi connectivity index (χ1n) is 6.44. The summed E-state index contributed by atoms with van der Waals surface area (Å²) in [6, 6.07) is 2.10. The van der Waals surface area contributed by atoms with Crippen LogP contribution in [-0.4, -0.2) is 6.10 Å². The van der Waals surface area contributed by atoms with Crippen LogP contribution < -0.4 is 5.48 Å². The van der Waals surface area contributed by atoms with E-state index in [9.17, 15) is 8.78 Å². The maximum Gasteiger partial charge on any atom is 0.128 e. The van der Waals surface area contributed by atoms with Gasteiger partial charge in [0.1, 0.15) is 11.6 Å². The lowest BCUT2D eigenvalue weighted by molar-refractivity contribution is -0.0382. The molecule has 1 N–H and O–H groups in total. The first-order chi connectivity index (χ1) is 8.58. The van der Waals surface area contributed by atoms with Gasteiger partial charge in [-0.1, -0.05) is 12.8 Å². The van der Waals surface area contributed by atoms with E-state index in [1.165, 1.54) is 25.0 Å². The van der Waals surface area contributed by atoms with E-state index in [1.54, 1.807) is 13.8 Å². The molecule has 18 heavy (non-hydrogen) atoms. The van der Waals surface area contributed by atoms with E-state index in [1.807, 2.05) is 0 Å². The number of halogens is 2. The normalized spacial score (nSPS) is 18.2. The third-order valence-corrected chi connectivity index (χ3v) is 3.46. The van der Waals surface area contributed by atoms with Crippen LogP contribution in [0.15, 0.2) is 12.1 Å². The maximum absolute atomic E-state index is 13.7. The van der Waals surface area contributed by atoms with Crippen molar-refractivity contribution in [1.29, 1.82) is 0 Å². The Labute approximate surface area is 106 Å². The van der Waals surface area contributed by atoms with E-state index >= 15 is 0 Å². The van der Waals surface area contributed by atoms with Crippen LogP contribution in [-0.2, 0) is 4.84 Å². The number of benzene rings is 1. The van der Waals surface area contributed by atoms with Crippen molar-refractivity contribution in [3.63, 3.8) is 0 Å². The summed E-state index contributed by atoms with van der Waals surface area (Å²) in [5.41, 5.74) is 3.44. The molecule has 1 fully saturated rings. The minimum absolute atomic E-state index is 0.200. The fourth-order valence-electron chi connectivity index (χ4n) is 2.26. The highest BCUT2D eigenvalue weighted by atomic mass is 19.1. The summed E-state index contributed by atoms with van der Waals surface area (Å²) >= 11 is 0. The first-order valence-corrected chi connectivity index (χ1v) is 6.44. The van der Waals surface area contributed by atoms with Gasteiger partial charge in [0.25, 0.3) is 0 Å². The van der Waals surface area contributed by atoms with Gasteiger partial charge in [-0.3, -0.25) is 4.84 Å². The molecule has 4 heteroatoms. The Morgan fingerprint density at radius 2 is 1.89 bits per heavy atom. The highest BCUT2D eigenvalue weighted by Crippen LogP contribution is 2.23. The van der Waals surface area contributed by atoms with Gasteiger partial charge in [0, 0.05) is 5.56 Å². The van der Waals surface area contributed by atoms with Crippen molar-refractivity contribution < 1.29 is 13.6 Å². The van der Waals surface area contributed by atoms with Gasteiger partial charge >= 0.3 is 0 Å². The molecule has 0 amide bonds. The van der Waals surface area contributed by atoms with Crippen molar-refractivity contribution in [3.05, 3.63) is 34.9 Å². The largest absolute Gasteiger partial charge is 0.298 e. The molecule has 0 saturated heterocycles. The monoisotopic (exact) mass is 255 g/mol. The zero-order chi connectivity index (χ0) is 13.1. The first kappa shape index (κ1) is 13.4. The second kappa shape index (κ2) is 5.76. The number of hydrogen-bond donors (Lipinski definition) is 1. The summed E-state index contributed by atoms with van der Waals surface area (Å²) in [6.07, 6.45) is 4.61. The predicted octanol–water partition coefficient (Wildman–Crippen LogP) is 3.80. The molecule has 100 valence electrons. The lowest BCUT2D eigenvalue weighted by Crippen LogP contribution is -2.25. The van der Waals surface area contributed by atoms with Crippen LogP contribution >= 0.6 is 0 Å². The highest BCUT2D eigenvalue weighted by Gasteiger charge is 2.19. The lowest BCUT2D eigenvalue weighted by Gasteiger charge is -2.18. The zero-order valence-electron chi connectivity index (χ0n) is 10.8. The van der Waals surface area contributed by atoms with Gasteiger partial charge in [0.15, 0.2) is 0 Å². The third kappa shape index (κ3) is 3.06. The minimum Gasteiger partial charge on any atom is -0.298 e. The molecule has 1 saturated carbocycles. The third-order valence-electron chi connectivity index (χ3n) is 3.46. The average Bonchev–Trinajstić information content (AvgIpc) is 2.84.